The molecule has 7 nitrogen and oxygen atoms in total. The predicted octanol–water partition coefficient (Wildman–Crippen LogP) is 4.87. The minimum Gasteiger partial charge on any atom is -0.493 e. The molecule has 2 atom stereocenters. The largest absolute Gasteiger partial charge is 0.493 e. The van der Waals surface area contributed by atoms with Crippen LogP contribution in [0, 0.1) is 17.7 Å². The number of hydrogen-bond donors (Lipinski definition) is 2. The van der Waals surface area contributed by atoms with Gasteiger partial charge in [0.15, 0.2) is 17.3 Å². The second kappa shape index (κ2) is 10.9. The van der Waals surface area contributed by atoms with Gasteiger partial charge in [0.2, 0.25) is 0 Å². The summed E-state index contributed by atoms with van der Waals surface area (Å²) in [6.07, 6.45) is 4.97. The molecule has 2 aliphatic rings. The molecule has 0 unspecified atom stereocenters. The Labute approximate surface area is 210 Å². The maximum atomic E-state index is 14.4. The van der Waals surface area contributed by atoms with Crippen LogP contribution in [0.3, 0.4) is 0 Å². The summed E-state index contributed by atoms with van der Waals surface area (Å²) in [6, 6.07) is 8.46. The number of ether oxygens (including phenoxy) is 2. The van der Waals surface area contributed by atoms with Gasteiger partial charge in [-0.1, -0.05) is 17.7 Å². The molecule has 0 saturated carbocycles. The molecule has 3 aromatic rings. The van der Waals surface area contributed by atoms with Gasteiger partial charge < -0.3 is 25.0 Å². The van der Waals surface area contributed by atoms with Gasteiger partial charge in [-0.3, -0.25) is 0 Å². The summed E-state index contributed by atoms with van der Waals surface area (Å²) in [6.45, 7) is 6.26. The van der Waals surface area contributed by atoms with Crippen LogP contribution < -0.4 is 20.1 Å². The fourth-order valence-corrected chi connectivity index (χ4v) is 5.36. The first-order valence-electron chi connectivity index (χ1n) is 12.2. The standard InChI is InChI=1S/C26H31ClFN5O2/c1-34-23-12-22-19(26(31-16-30-22)32-21-7-2-6-20(27)25(21)28)11-24(23)35-10-4-9-33-14-17-5-3-8-29-13-18(17)15-33/h2,6-7,11-12,16-18,29H,3-5,8-10,13-15H2,1H3,(H,30,31,32)/t17-,18+/m0/s1. The van der Waals surface area contributed by atoms with Gasteiger partial charge >= 0.3 is 0 Å². The van der Waals surface area contributed by atoms with Crippen LogP contribution in [-0.4, -0.2) is 61.3 Å². The van der Waals surface area contributed by atoms with E-state index in [9.17, 15) is 4.39 Å². The van der Waals surface area contributed by atoms with Crippen LogP contribution in [0.15, 0.2) is 36.7 Å². The van der Waals surface area contributed by atoms with Crippen LogP contribution in [0.2, 0.25) is 5.02 Å². The minimum atomic E-state index is -0.529. The number of likely N-dealkylation sites (tertiary alicyclic amines) is 1. The average Bonchev–Trinajstić information content (AvgIpc) is 3.12. The van der Waals surface area contributed by atoms with Gasteiger partial charge in [-0.25, -0.2) is 14.4 Å². The van der Waals surface area contributed by atoms with Crippen molar-refractivity contribution in [3.63, 3.8) is 0 Å². The van der Waals surface area contributed by atoms with Crippen molar-refractivity contribution in [1.82, 2.24) is 20.2 Å². The Kier molecular flexibility index (Phi) is 7.51. The van der Waals surface area contributed by atoms with E-state index in [-0.39, 0.29) is 10.7 Å². The number of anilines is 2. The molecule has 2 N–H and O–H groups in total. The number of hydrogen-bond acceptors (Lipinski definition) is 7. The lowest BCUT2D eigenvalue weighted by Gasteiger charge is -2.17. The molecule has 5 rings (SSSR count). The van der Waals surface area contributed by atoms with Crippen LogP contribution in [-0.2, 0) is 0 Å². The van der Waals surface area contributed by atoms with E-state index in [1.54, 1.807) is 19.2 Å². The minimum absolute atomic E-state index is 0.0446. The molecular formula is C26H31ClFN5O2. The fraction of sp³-hybridized carbons (Fsp3) is 0.462. The monoisotopic (exact) mass is 499 g/mol. The molecule has 2 aliphatic heterocycles. The van der Waals surface area contributed by atoms with Crippen LogP contribution in [0.25, 0.3) is 10.9 Å². The first kappa shape index (κ1) is 24.0. The van der Waals surface area contributed by atoms with Crippen molar-refractivity contribution in [2.45, 2.75) is 19.3 Å². The number of rotatable bonds is 8. The van der Waals surface area contributed by atoms with E-state index in [1.807, 2.05) is 12.1 Å². The summed E-state index contributed by atoms with van der Waals surface area (Å²) < 4.78 is 26.1. The van der Waals surface area contributed by atoms with Crippen LogP contribution >= 0.6 is 11.6 Å². The van der Waals surface area contributed by atoms with Crippen LogP contribution in [0.4, 0.5) is 15.9 Å². The first-order valence-corrected chi connectivity index (χ1v) is 12.6. The lowest BCUT2D eigenvalue weighted by Crippen LogP contribution is -2.27. The molecule has 2 saturated heterocycles. The lowest BCUT2D eigenvalue weighted by molar-refractivity contribution is 0.248. The Bertz CT molecular complexity index is 1170. The second-order valence-corrected chi connectivity index (χ2v) is 9.70. The smallest absolute Gasteiger partial charge is 0.165 e. The van der Waals surface area contributed by atoms with Gasteiger partial charge in [0.05, 0.1) is 29.9 Å². The Hall–Kier alpha value is -2.68. The third kappa shape index (κ3) is 5.44. The van der Waals surface area contributed by atoms with Crippen molar-refractivity contribution in [3.8, 4) is 11.5 Å². The number of nitrogens with zero attached hydrogens (tertiary/aromatic N) is 3. The average molecular weight is 500 g/mol. The molecule has 0 spiro atoms. The zero-order chi connectivity index (χ0) is 24.2. The lowest BCUT2D eigenvalue weighted by atomic mass is 9.93. The van der Waals surface area contributed by atoms with E-state index in [0.717, 1.165) is 37.9 Å². The van der Waals surface area contributed by atoms with Gasteiger partial charge in [-0.05, 0) is 62.4 Å². The highest BCUT2D eigenvalue weighted by Crippen LogP contribution is 2.36. The number of halogens is 2. The van der Waals surface area contributed by atoms with Crippen LogP contribution in [0.5, 0.6) is 11.5 Å². The molecule has 2 aromatic carbocycles. The normalized spacial score (nSPS) is 20.4. The Morgan fingerprint density at radius 2 is 2.09 bits per heavy atom. The number of methoxy groups -OCH3 is 1. The van der Waals surface area contributed by atoms with Crippen LogP contribution in [0.1, 0.15) is 19.3 Å². The highest BCUT2D eigenvalue weighted by Gasteiger charge is 2.32. The van der Waals surface area contributed by atoms with E-state index >= 15 is 0 Å². The van der Waals surface area contributed by atoms with Crippen molar-refractivity contribution in [3.05, 3.63) is 47.5 Å². The van der Waals surface area contributed by atoms with Gasteiger partial charge in [-0.2, -0.15) is 0 Å². The fourth-order valence-electron chi connectivity index (χ4n) is 5.19. The van der Waals surface area contributed by atoms with Crippen molar-refractivity contribution in [2.24, 2.45) is 11.8 Å². The van der Waals surface area contributed by atoms with Gasteiger partial charge in [0.25, 0.3) is 0 Å². The zero-order valence-corrected chi connectivity index (χ0v) is 20.7. The summed E-state index contributed by atoms with van der Waals surface area (Å²) in [5, 5.41) is 7.36. The summed E-state index contributed by atoms with van der Waals surface area (Å²) in [7, 11) is 1.61. The molecule has 3 heterocycles. The first-order chi connectivity index (χ1) is 17.1. The Balaban J connectivity index is 1.26. The summed E-state index contributed by atoms with van der Waals surface area (Å²) in [5.41, 5.74) is 0.909. The molecule has 0 radical (unpaired) electrons. The summed E-state index contributed by atoms with van der Waals surface area (Å²) >= 11 is 5.93. The molecule has 0 amide bonds. The zero-order valence-electron chi connectivity index (χ0n) is 19.9. The molecule has 186 valence electrons. The summed E-state index contributed by atoms with van der Waals surface area (Å²) in [4.78, 5) is 11.2. The van der Waals surface area contributed by atoms with Gasteiger partial charge in [0, 0.05) is 31.1 Å². The molecule has 9 heteroatoms. The molecular weight excluding hydrogens is 469 g/mol. The number of aromatic nitrogens is 2. The third-order valence-electron chi connectivity index (χ3n) is 6.99. The van der Waals surface area contributed by atoms with E-state index < -0.39 is 5.82 Å². The van der Waals surface area contributed by atoms with Gasteiger partial charge in [0.1, 0.15) is 12.1 Å². The SMILES string of the molecule is COc1cc2ncnc(Nc3cccc(Cl)c3F)c2cc1OCCCN1C[C@H]2CNCCC[C@H]2C1. The molecule has 0 bridgehead atoms. The number of nitrogens with one attached hydrogen (secondary N) is 2. The van der Waals surface area contributed by atoms with E-state index in [1.165, 1.54) is 38.3 Å². The van der Waals surface area contributed by atoms with Crippen molar-refractivity contribution < 1.29 is 13.9 Å². The predicted molar refractivity (Wildman–Crippen MR) is 136 cm³/mol. The van der Waals surface area contributed by atoms with Crippen molar-refractivity contribution in [1.29, 1.82) is 0 Å². The quantitative estimate of drug-likeness (QED) is 0.428. The number of fused-ring (bicyclic) bond motifs is 2. The maximum Gasteiger partial charge on any atom is 0.165 e. The highest BCUT2D eigenvalue weighted by atomic mass is 35.5. The van der Waals surface area contributed by atoms with E-state index in [0.29, 0.717) is 34.8 Å². The van der Waals surface area contributed by atoms with E-state index in [2.05, 4.69) is 25.5 Å². The molecule has 0 aliphatic carbocycles. The Morgan fingerprint density at radius 3 is 2.97 bits per heavy atom. The highest BCUT2D eigenvalue weighted by molar-refractivity contribution is 6.31. The molecule has 1 aromatic heterocycles. The van der Waals surface area contributed by atoms with Crippen molar-refractivity contribution in [2.75, 3.05) is 51.8 Å². The molecule has 35 heavy (non-hydrogen) atoms. The van der Waals surface area contributed by atoms with E-state index in [4.69, 9.17) is 21.1 Å². The topological polar surface area (TPSA) is 71.5 Å². The molecule has 2 fully saturated rings. The summed E-state index contributed by atoms with van der Waals surface area (Å²) in [5.74, 6) is 2.74. The number of benzene rings is 2. The second-order valence-electron chi connectivity index (χ2n) is 9.30. The maximum absolute atomic E-state index is 14.4. The van der Waals surface area contributed by atoms with Crippen molar-refractivity contribution >= 4 is 34.0 Å². The Morgan fingerprint density at radius 1 is 1.20 bits per heavy atom. The third-order valence-corrected chi connectivity index (χ3v) is 7.28. The van der Waals surface area contributed by atoms with Gasteiger partial charge in [-0.15, -0.1) is 0 Å².